The van der Waals surface area contributed by atoms with Crippen LogP contribution in [0.25, 0.3) is 0 Å². The molecule has 3 heterocycles. The summed E-state index contributed by atoms with van der Waals surface area (Å²) in [7, 11) is 0. The van der Waals surface area contributed by atoms with Crippen LogP contribution < -0.4 is 0 Å². The second-order valence-corrected chi connectivity index (χ2v) is 7.31. The summed E-state index contributed by atoms with van der Waals surface area (Å²) >= 11 is 0. The highest BCUT2D eigenvalue weighted by Crippen LogP contribution is 2.31. The first-order valence-electron chi connectivity index (χ1n) is 9.23. The van der Waals surface area contributed by atoms with Crippen molar-refractivity contribution < 1.29 is 13.6 Å². The zero-order valence-corrected chi connectivity index (χ0v) is 14.6. The molecular formula is C19H22F2N4O. The molecule has 0 bridgehead atoms. The number of rotatable bonds is 4. The van der Waals surface area contributed by atoms with E-state index in [9.17, 15) is 13.6 Å². The summed E-state index contributed by atoms with van der Waals surface area (Å²) in [5.41, 5.74) is -0.315. The fraction of sp³-hybridized carbons (Fsp3) is 0.526. The largest absolute Gasteiger partial charge is 0.336 e. The fourth-order valence-electron chi connectivity index (χ4n) is 3.88. The Kier molecular flexibility index (Phi) is 4.70. The molecule has 4 rings (SSSR count). The van der Waals surface area contributed by atoms with Crippen LogP contribution in [0.4, 0.5) is 8.78 Å². The molecule has 0 radical (unpaired) electrons. The Balaban J connectivity index is 1.49. The Morgan fingerprint density at radius 1 is 1.19 bits per heavy atom. The summed E-state index contributed by atoms with van der Waals surface area (Å²) in [6.07, 6.45) is 10.3. The third-order valence-electron chi connectivity index (χ3n) is 5.51. The van der Waals surface area contributed by atoms with Crippen LogP contribution in [0.15, 0.2) is 24.7 Å². The summed E-state index contributed by atoms with van der Waals surface area (Å²) in [6.45, 7) is 2.02. The van der Waals surface area contributed by atoms with E-state index in [4.69, 9.17) is 0 Å². The van der Waals surface area contributed by atoms with Crippen LogP contribution in [0.1, 0.15) is 54.3 Å². The van der Waals surface area contributed by atoms with Gasteiger partial charge in [0.1, 0.15) is 11.6 Å². The fourth-order valence-corrected chi connectivity index (χ4v) is 3.88. The third-order valence-corrected chi connectivity index (χ3v) is 5.51. The number of pyridine rings is 1. The van der Waals surface area contributed by atoms with Gasteiger partial charge in [-0.2, -0.15) is 0 Å². The predicted molar refractivity (Wildman–Crippen MR) is 91.6 cm³/mol. The van der Waals surface area contributed by atoms with Gasteiger partial charge in [-0.25, -0.2) is 18.7 Å². The lowest BCUT2D eigenvalue weighted by molar-refractivity contribution is 0.0691. The van der Waals surface area contributed by atoms with Gasteiger partial charge in [0, 0.05) is 44.0 Å². The molecule has 1 aliphatic heterocycles. The van der Waals surface area contributed by atoms with E-state index in [0.717, 1.165) is 37.3 Å². The number of likely N-dealkylation sites (tertiary alicyclic amines) is 1. The topological polar surface area (TPSA) is 51.0 Å². The summed E-state index contributed by atoms with van der Waals surface area (Å²) in [5, 5.41) is 0. The average Bonchev–Trinajstić information content (AvgIpc) is 3.06. The normalized spacial score (nSPS) is 20.8. The number of amides is 1. The molecule has 0 spiro atoms. The van der Waals surface area contributed by atoms with Gasteiger partial charge >= 0.3 is 0 Å². The lowest BCUT2D eigenvalue weighted by atomic mass is 9.85. The maximum Gasteiger partial charge on any atom is 0.275 e. The number of hydrogen-bond donors (Lipinski definition) is 0. The van der Waals surface area contributed by atoms with Gasteiger partial charge in [-0.05, 0) is 31.6 Å². The van der Waals surface area contributed by atoms with Gasteiger partial charge in [0.25, 0.3) is 5.91 Å². The van der Waals surface area contributed by atoms with E-state index in [0.29, 0.717) is 19.2 Å². The minimum atomic E-state index is -0.913. The summed E-state index contributed by atoms with van der Waals surface area (Å²) < 4.78 is 29.2. The van der Waals surface area contributed by atoms with Crippen molar-refractivity contribution in [3.8, 4) is 0 Å². The number of aromatic nitrogens is 3. The van der Waals surface area contributed by atoms with Crippen LogP contribution in [-0.2, 0) is 6.54 Å². The van der Waals surface area contributed by atoms with Gasteiger partial charge in [0.2, 0.25) is 0 Å². The molecule has 2 aromatic heterocycles. The Labute approximate surface area is 151 Å². The first-order chi connectivity index (χ1) is 12.6. The predicted octanol–water partition coefficient (Wildman–Crippen LogP) is 3.38. The van der Waals surface area contributed by atoms with Crippen molar-refractivity contribution in [2.75, 3.05) is 13.1 Å². The number of imidazole rings is 1. The molecule has 0 N–H and O–H groups in total. The first kappa shape index (κ1) is 17.1. The number of halogens is 2. The molecule has 2 aromatic rings. The van der Waals surface area contributed by atoms with Gasteiger partial charge in [0.15, 0.2) is 11.5 Å². The van der Waals surface area contributed by atoms with Gasteiger partial charge in [0.05, 0.1) is 6.20 Å². The molecule has 26 heavy (non-hydrogen) atoms. The molecule has 7 heteroatoms. The van der Waals surface area contributed by atoms with Gasteiger partial charge in [-0.15, -0.1) is 0 Å². The molecule has 1 unspecified atom stereocenters. The minimum Gasteiger partial charge on any atom is -0.336 e. The van der Waals surface area contributed by atoms with E-state index < -0.39 is 17.5 Å². The van der Waals surface area contributed by atoms with Crippen LogP contribution in [-0.4, -0.2) is 38.4 Å². The summed E-state index contributed by atoms with van der Waals surface area (Å²) in [6, 6.07) is 0.701. The molecule has 2 fully saturated rings. The highest BCUT2D eigenvalue weighted by Gasteiger charge is 2.30. The van der Waals surface area contributed by atoms with E-state index in [-0.39, 0.29) is 11.6 Å². The first-order valence-corrected chi connectivity index (χ1v) is 9.23. The number of piperidine rings is 1. The lowest BCUT2D eigenvalue weighted by Gasteiger charge is -2.33. The van der Waals surface area contributed by atoms with Crippen molar-refractivity contribution >= 4 is 5.91 Å². The Hall–Kier alpha value is -2.31. The van der Waals surface area contributed by atoms with Crippen LogP contribution in [0.2, 0.25) is 0 Å². The second kappa shape index (κ2) is 7.13. The molecular weight excluding hydrogens is 338 g/mol. The lowest BCUT2D eigenvalue weighted by Crippen LogP contribution is -2.40. The monoisotopic (exact) mass is 360 g/mol. The molecule has 0 aromatic carbocycles. The molecule has 1 aliphatic carbocycles. The SMILES string of the molecule is O=C(c1ncc(F)cc1F)N1CCCC(c2nccn2CC2CCC2)C1. The van der Waals surface area contributed by atoms with Crippen molar-refractivity contribution in [3.63, 3.8) is 0 Å². The zero-order chi connectivity index (χ0) is 18.1. The molecule has 1 saturated heterocycles. The van der Waals surface area contributed by atoms with E-state index in [2.05, 4.69) is 14.5 Å². The molecule has 5 nitrogen and oxygen atoms in total. The van der Waals surface area contributed by atoms with Crippen molar-refractivity contribution in [2.24, 2.45) is 5.92 Å². The van der Waals surface area contributed by atoms with Gasteiger partial charge in [-0.3, -0.25) is 4.79 Å². The van der Waals surface area contributed by atoms with Crippen LogP contribution in [0.3, 0.4) is 0 Å². The van der Waals surface area contributed by atoms with Crippen LogP contribution in [0, 0.1) is 17.6 Å². The molecule has 138 valence electrons. The van der Waals surface area contributed by atoms with Gasteiger partial charge < -0.3 is 9.47 Å². The Morgan fingerprint density at radius 3 is 2.77 bits per heavy atom. The number of nitrogens with zero attached hydrogens (tertiary/aromatic N) is 4. The maximum atomic E-state index is 13.9. The van der Waals surface area contributed by atoms with E-state index in [1.807, 2.05) is 12.4 Å². The number of carbonyl (C=O) groups is 1. The second-order valence-electron chi connectivity index (χ2n) is 7.31. The Bertz CT molecular complexity index is 803. The number of carbonyl (C=O) groups excluding carboxylic acids is 1. The third kappa shape index (κ3) is 3.34. The minimum absolute atomic E-state index is 0.131. The van der Waals surface area contributed by atoms with Crippen molar-refractivity contribution in [3.05, 3.63) is 47.8 Å². The van der Waals surface area contributed by atoms with E-state index in [1.165, 1.54) is 19.3 Å². The zero-order valence-electron chi connectivity index (χ0n) is 14.6. The number of hydrogen-bond acceptors (Lipinski definition) is 3. The summed E-state index contributed by atoms with van der Waals surface area (Å²) in [4.78, 5) is 22.4. The van der Waals surface area contributed by atoms with E-state index >= 15 is 0 Å². The molecule has 1 atom stereocenters. The molecule has 1 saturated carbocycles. The van der Waals surface area contributed by atoms with E-state index in [1.54, 1.807) is 4.90 Å². The standard InChI is InChI=1S/C19H22F2N4O/c20-15-9-16(21)17(23-10-15)19(26)25-7-2-5-14(12-25)18-22-6-8-24(18)11-13-3-1-4-13/h6,8-10,13-14H,1-5,7,11-12H2. The quantitative estimate of drug-likeness (QED) is 0.840. The van der Waals surface area contributed by atoms with Crippen LogP contribution in [0.5, 0.6) is 0 Å². The van der Waals surface area contributed by atoms with Crippen molar-refractivity contribution in [1.29, 1.82) is 0 Å². The molecule has 1 amide bonds. The van der Waals surface area contributed by atoms with Crippen LogP contribution >= 0.6 is 0 Å². The highest BCUT2D eigenvalue weighted by molar-refractivity contribution is 5.92. The Morgan fingerprint density at radius 2 is 2.04 bits per heavy atom. The maximum absolute atomic E-state index is 13.9. The highest BCUT2D eigenvalue weighted by atomic mass is 19.1. The average molecular weight is 360 g/mol. The smallest absolute Gasteiger partial charge is 0.275 e. The van der Waals surface area contributed by atoms with Crippen molar-refractivity contribution in [1.82, 2.24) is 19.4 Å². The molecule has 2 aliphatic rings. The van der Waals surface area contributed by atoms with Crippen molar-refractivity contribution in [2.45, 2.75) is 44.6 Å². The van der Waals surface area contributed by atoms with Gasteiger partial charge in [-0.1, -0.05) is 6.42 Å². The summed E-state index contributed by atoms with van der Waals surface area (Å²) in [5.74, 6) is -0.323.